The first-order valence-electron chi connectivity index (χ1n) is 7.81. The quantitative estimate of drug-likeness (QED) is 0.596. The van der Waals surface area contributed by atoms with Crippen molar-refractivity contribution < 1.29 is 28.5 Å². The van der Waals surface area contributed by atoms with Gasteiger partial charge >= 0.3 is 11.9 Å². The smallest absolute Gasteiger partial charge is 0.338 e. The van der Waals surface area contributed by atoms with E-state index in [4.69, 9.17) is 18.9 Å². The fourth-order valence-electron chi connectivity index (χ4n) is 2.48. The third-order valence-electron chi connectivity index (χ3n) is 3.97. The van der Waals surface area contributed by atoms with Gasteiger partial charge in [0, 0.05) is 0 Å². The van der Waals surface area contributed by atoms with Gasteiger partial charge in [-0.05, 0) is 22.9 Å². The summed E-state index contributed by atoms with van der Waals surface area (Å²) in [4.78, 5) is 24.6. The van der Waals surface area contributed by atoms with E-state index in [2.05, 4.69) is 0 Å². The third-order valence-corrected chi connectivity index (χ3v) is 3.97. The standard InChI is InChI=1S/C18H16O6/c19-17(23-9-11-7-21-11)15-5-6-16(14-4-2-1-3-13(14)15)18(20)24-10-12-8-22-12/h1-6,11-12H,7-10H2. The summed E-state index contributed by atoms with van der Waals surface area (Å²) in [6.07, 6.45) is 0.0261. The van der Waals surface area contributed by atoms with E-state index >= 15 is 0 Å². The second-order valence-corrected chi connectivity index (χ2v) is 5.81. The first-order valence-corrected chi connectivity index (χ1v) is 7.81. The number of benzene rings is 2. The Morgan fingerprint density at radius 2 is 1.25 bits per heavy atom. The molecule has 124 valence electrons. The van der Waals surface area contributed by atoms with Crippen molar-refractivity contribution in [3.63, 3.8) is 0 Å². The zero-order valence-corrected chi connectivity index (χ0v) is 12.9. The Morgan fingerprint density at radius 1 is 0.833 bits per heavy atom. The molecule has 0 N–H and O–H groups in total. The first kappa shape index (κ1) is 15.1. The minimum atomic E-state index is -0.423. The molecule has 2 aromatic rings. The highest BCUT2D eigenvalue weighted by molar-refractivity contribution is 6.11. The van der Waals surface area contributed by atoms with Crippen LogP contribution in [-0.4, -0.2) is 50.6 Å². The van der Waals surface area contributed by atoms with Crippen molar-refractivity contribution in [3.05, 3.63) is 47.5 Å². The van der Waals surface area contributed by atoms with E-state index in [0.29, 0.717) is 35.1 Å². The molecule has 2 aromatic carbocycles. The molecule has 0 saturated carbocycles. The number of hydrogen-bond acceptors (Lipinski definition) is 6. The van der Waals surface area contributed by atoms with Crippen molar-refractivity contribution in [2.45, 2.75) is 12.2 Å². The van der Waals surface area contributed by atoms with Crippen LogP contribution < -0.4 is 0 Å². The summed E-state index contributed by atoms with van der Waals surface area (Å²) in [6, 6.07) is 10.4. The lowest BCUT2D eigenvalue weighted by atomic mass is 9.99. The molecule has 2 aliphatic heterocycles. The van der Waals surface area contributed by atoms with E-state index in [1.807, 2.05) is 12.1 Å². The Balaban J connectivity index is 1.60. The minimum absolute atomic E-state index is 0.0131. The number of carbonyl (C=O) groups excluding carboxylic acids is 2. The second kappa shape index (κ2) is 6.22. The first-order chi connectivity index (χ1) is 11.7. The van der Waals surface area contributed by atoms with Crippen molar-refractivity contribution in [1.82, 2.24) is 0 Å². The van der Waals surface area contributed by atoms with Crippen LogP contribution >= 0.6 is 0 Å². The number of ether oxygens (including phenoxy) is 4. The van der Waals surface area contributed by atoms with Crippen LogP contribution in [0.3, 0.4) is 0 Å². The van der Waals surface area contributed by atoms with Gasteiger partial charge in [-0.1, -0.05) is 24.3 Å². The predicted octanol–water partition coefficient (Wildman–Crippen LogP) is 1.95. The fourth-order valence-corrected chi connectivity index (χ4v) is 2.48. The zero-order chi connectivity index (χ0) is 16.5. The fraction of sp³-hybridized carbons (Fsp3) is 0.333. The summed E-state index contributed by atoms with van der Waals surface area (Å²) in [7, 11) is 0. The Labute approximate surface area is 138 Å². The van der Waals surface area contributed by atoms with Gasteiger partial charge in [0.15, 0.2) is 0 Å². The molecule has 0 aliphatic carbocycles. The zero-order valence-electron chi connectivity index (χ0n) is 12.9. The lowest BCUT2D eigenvalue weighted by Gasteiger charge is -2.10. The molecule has 2 aliphatic rings. The topological polar surface area (TPSA) is 77.7 Å². The maximum Gasteiger partial charge on any atom is 0.338 e. The number of rotatable bonds is 6. The van der Waals surface area contributed by atoms with Crippen molar-refractivity contribution in [2.24, 2.45) is 0 Å². The van der Waals surface area contributed by atoms with Gasteiger partial charge in [-0.3, -0.25) is 0 Å². The Kier molecular flexibility index (Phi) is 3.92. The summed E-state index contributed by atoms with van der Waals surface area (Å²) >= 11 is 0. The predicted molar refractivity (Wildman–Crippen MR) is 84.0 cm³/mol. The molecule has 0 aromatic heterocycles. The van der Waals surface area contributed by atoms with Gasteiger partial charge in [0.25, 0.3) is 0 Å². The van der Waals surface area contributed by atoms with Gasteiger partial charge in [-0.2, -0.15) is 0 Å². The molecule has 0 spiro atoms. The summed E-state index contributed by atoms with van der Waals surface area (Å²) in [5.41, 5.74) is 0.849. The summed E-state index contributed by atoms with van der Waals surface area (Å²) < 4.78 is 20.6. The van der Waals surface area contributed by atoms with Crippen LogP contribution in [0.25, 0.3) is 10.8 Å². The molecule has 6 heteroatoms. The monoisotopic (exact) mass is 328 g/mol. The highest BCUT2D eigenvalue weighted by Crippen LogP contribution is 2.25. The van der Waals surface area contributed by atoms with E-state index in [-0.39, 0.29) is 25.4 Å². The molecule has 2 unspecified atom stereocenters. The highest BCUT2D eigenvalue weighted by atomic mass is 16.6. The minimum Gasteiger partial charge on any atom is -0.459 e. The van der Waals surface area contributed by atoms with Crippen LogP contribution in [0.2, 0.25) is 0 Å². The van der Waals surface area contributed by atoms with Crippen molar-refractivity contribution in [2.75, 3.05) is 26.4 Å². The Hall–Kier alpha value is -2.44. The molecule has 24 heavy (non-hydrogen) atoms. The molecular weight excluding hydrogens is 312 g/mol. The van der Waals surface area contributed by atoms with Gasteiger partial charge < -0.3 is 18.9 Å². The van der Waals surface area contributed by atoms with Gasteiger partial charge in [-0.15, -0.1) is 0 Å². The van der Waals surface area contributed by atoms with E-state index in [0.717, 1.165) is 0 Å². The number of carbonyl (C=O) groups is 2. The van der Waals surface area contributed by atoms with Crippen LogP contribution in [-0.2, 0) is 18.9 Å². The number of fused-ring (bicyclic) bond motifs is 1. The summed E-state index contributed by atoms with van der Waals surface area (Å²) in [5.74, 6) is -0.846. The van der Waals surface area contributed by atoms with Crippen molar-refractivity contribution >= 4 is 22.7 Å². The lowest BCUT2D eigenvalue weighted by Crippen LogP contribution is -2.13. The van der Waals surface area contributed by atoms with Crippen molar-refractivity contribution in [3.8, 4) is 0 Å². The third kappa shape index (κ3) is 3.25. The Bertz CT molecular complexity index is 725. The van der Waals surface area contributed by atoms with E-state index < -0.39 is 11.9 Å². The number of esters is 2. The molecule has 6 nitrogen and oxygen atoms in total. The van der Waals surface area contributed by atoms with E-state index in [1.54, 1.807) is 24.3 Å². The van der Waals surface area contributed by atoms with E-state index in [9.17, 15) is 9.59 Å². The van der Waals surface area contributed by atoms with Crippen molar-refractivity contribution in [1.29, 1.82) is 0 Å². The maximum atomic E-state index is 12.3. The van der Waals surface area contributed by atoms with Crippen LogP contribution in [0, 0.1) is 0 Å². The van der Waals surface area contributed by atoms with E-state index in [1.165, 1.54) is 0 Å². The second-order valence-electron chi connectivity index (χ2n) is 5.81. The highest BCUT2D eigenvalue weighted by Gasteiger charge is 2.27. The van der Waals surface area contributed by atoms with Gasteiger partial charge in [0.05, 0.1) is 24.3 Å². The molecule has 2 heterocycles. The molecule has 2 atom stereocenters. The molecule has 0 amide bonds. The van der Waals surface area contributed by atoms with Crippen LogP contribution in [0.5, 0.6) is 0 Å². The molecule has 2 fully saturated rings. The molecule has 2 saturated heterocycles. The number of hydrogen-bond donors (Lipinski definition) is 0. The van der Waals surface area contributed by atoms with Crippen LogP contribution in [0.15, 0.2) is 36.4 Å². The van der Waals surface area contributed by atoms with Crippen LogP contribution in [0.1, 0.15) is 20.7 Å². The van der Waals surface area contributed by atoms with Gasteiger partial charge in [-0.25, -0.2) is 9.59 Å². The molecule has 0 radical (unpaired) electrons. The summed E-state index contributed by atoms with van der Waals surface area (Å²) in [6.45, 7) is 1.75. The van der Waals surface area contributed by atoms with Crippen LogP contribution in [0.4, 0.5) is 0 Å². The molecule has 0 bridgehead atoms. The van der Waals surface area contributed by atoms with Gasteiger partial charge in [0.1, 0.15) is 25.4 Å². The Morgan fingerprint density at radius 3 is 1.62 bits per heavy atom. The molecule has 4 rings (SSSR count). The summed E-state index contributed by atoms with van der Waals surface area (Å²) in [5, 5.41) is 1.33. The lowest BCUT2D eigenvalue weighted by molar-refractivity contribution is 0.0466. The average Bonchev–Trinajstić information content (AvgIpc) is 3.51. The SMILES string of the molecule is O=C(OCC1CO1)c1ccc(C(=O)OCC2CO2)c2ccccc12. The average molecular weight is 328 g/mol. The molecular formula is C18H16O6. The largest absolute Gasteiger partial charge is 0.459 e. The number of epoxide rings is 2. The normalized spacial score (nSPS) is 21.3. The maximum absolute atomic E-state index is 12.3. The van der Waals surface area contributed by atoms with Gasteiger partial charge in [0.2, 0.25) is 0 Å².